The molecule has 0 radical (unpaired) electrons. The van der Waals surface area contributed by atoms with Gasteiger partial charge in [0.1, 0.15) is 0 Å². The van der Waals surface area contributed by atoms with Crippen LogP contribution < -0.4 is 10.2 Å². The predicted octanol–water partition coefficient (Wildman–Crippen LogP) is 2.25. The Labute approximate surface area is 145 Å². The molecule has 0 saturated carbocycles. The molecule has 5 nitrogen and oxygen atoms in total. The summed E-state index contributed by atoms with van der Waals surface area (Å²) < 4.78 is 0. The van der Waals surface area contributed by atoms with E-state index in [2.05, 4.69) is 39.2 Å². The van der Waals surface area contributed by atoms with Crippen molar-refractivity contribution in [3.05, 3.63) is 24.3 Å². The standard InChI is InChI=1S/C19H30N4O/c1-21-13-15-22(16-14-21)12-9-19(24)20-17-5-7-18(8-6-17)23-10-3-2-4-11-23/h5-8H,2-4,9-16H2,1H3,(H,20,24). The highest BCUT2D eigenvalue weighted by atomic mass is 16.1. The van der Waals surface area contributed by atoms with Gasteiger partial charge in [-0.1, -0.05) is 0 Å². The number of anilines is 2. The van der Waals surface area contributed by atoms with Crippen LogP contribution in [-0.2, 0) is 4.79 Å². The molecule has 1 N–H and O–H groups in total. The lowest BCUT2D eigenvalue weighted by Crippen LogP contribution is -2.45. The number of rotatable bonds is 5. The van der Waals surface area contributed by atoms with Crippen molar-refractivity contribution in [1.82, 2.24) is 9.80 Å². The van der Waals surface area contributed by atoms with Crippen LogP contribution in [0, 0.1) is 0 Å². The van der Waals surface area contributed by atoms with Crippen molar-refractivity contribution >= 4 is 17.3 Å². The van der Waals surface area contributed by atoms with Gasteiger partial charge < -0.3 is 20.0 Å². The quantitative estimate of drug-likeness (QED) is 0.899. The van der Waals surface area contributed by atoms with Gasteiger partial charge in [-0.25, -0.2) is 0 Å². The van der Waals surface area contributed by atoms with Crippen LogP contribution >= 0.6 is 0 Å². The van der Waals surface area contributed by atoms with E-state index in [-0.39, 0.29) is 5.91 Å². The van der Waals surface area contributed by atoms with E-state index in [9.17, 15) is 4.79 Å². The molecule has 0 unspecified atom stereocenters. The van der Waals surface area contributed by atoms with Crippen LogP contribution in [0.4, 0.5) is 11.4 Å². The summed E-state index contributed by atoms with van der Waals surface area (Å²) in [4.78, 5) is 19.3. The zero-order valence-electron chi connectivity index (χ0n) is 14.8. The summed E-state index contributed by atoms with van der Waals surface area (Å²) in [5.41, 5.74) is 2.17. The number of benzene rings is 1. The molecule has 0 aromatic heterocycles. The molecule has 24 heavy (non-hydrogen) atoms. The summed E-state index contributed by atoms with van der Waals surface area (Å²) in [5.74, 6) is 0.111. The average molecular weight is 330 g/mol. The maximum atomic E-state index is 12.1. The smallest absolute Gasteiger partial charge is 0.225 e. The third kappa shape index (κ3) is 4.95. The normalized spacial score (nSPS) is 20.1. The Morgan fingerprint density at radius 2 is 1.62 bits per heavy atom. The Hall–Kier alpha value is -1.59. The zero-order valence-corrected chi connectivity index (χ0v) is 14.8. The summed E-state index contributed by atoms with van der Waals surface area (Å²) in [6, 6.07) is 8.30. The van der Waals surface area contributed by atoms with Crippen molar-refractivity contribution in [2.45, 2.75) is 25.7 Å². The van der Waals surface area contributed by atoms with Crippen molar-refractivity contribution < 1.29 is 4.79 Å². The number of hydrogen-bond acceptors (Lipinski definition) is 4. The minimum atomic E-state index is 0.111. The molecule has 2 aliphatic rings. The van der Waals surface area contributed by atoms with E-state index >= 15 is 0 Å². The van der Waals surface area contributed by atoms with Gasteiger partial charge in [-0.2, -0.15) is 0 Å². The lowest BCUT2D eigenvalue weighted by Gasteiger charge is -2.32. The summed E-state index contributed by atoms with van der Waals surface area (Å²) in [5, 5.41) is 3.03. The number of amides is 1. The molecule has 2 saturated heterocycles. The van der Waals surface area contributed by atoms with Gasteiger partial charge in [-0.3, -0.25) is 4.79 Å². The molecule has 1 amide bonds. The minimum Gasteiger partial charge on any atom is -0.372 e. The van der Waals surface area contributed by atoms with Gasteiger partial charge in [0.15, 0.2) is 0 Å². The van der Waals surface area contributed by atoms with Crippen LogP contribution in [0.15, 0.2) is 24.3 Å². The highest BCUT2D eigenvalue weighted by Gasteiger charge is 2.15. The molecule has 1 aromatic rings. The molecule has 2 aliphatic heterocycles. The van der Waals surface area contributed by atoms with Gasteiger partial charge in [-0.05, 0) is 50.6 Å². The van der Waals surface area contributed by atoms with Crippen molar-refractivity contribution in [1.29, 1.82) is 0 Å². The van der Waals surface area contributed by atoms with E-state index in [1.165, 1.54) is 24.9 Å². The fourth-order valence-corrected chi connectivity index (χ4v) is 3.46. The van der Waals surface area contributed by atoms with E-state index in [1.807, 2.05) is 12.1 Å². The predicted molar refractivity (Wildman–Crippen MR) is 99.7 cm³/mol. The number of carbonyl (C=O) groups is 1. The Kier molecular flexibility index (Phi) is 6.10. The largest absolute Gasteiger partial charge is 0.372 e. The Morgan fingerprint density at radius 3 is 2.29 bits per heavy atom. The van der Waals surface area contributed by atoms with Crippen LogP contribution in [-0.4, -0.2) is 68.6 Å². The van der Waals surface area contributed by atoms with E-state index in [0.717, 1.165) is 51.5 Å². The lowest BCUT2D eigenvalue weighted by molar-refractivity contribution is -0.116. The first-order valence-corrected chi connectivity index (χ1v) is 9.26. The fourth-order valence-electron chi connectivity index (χ4n) is 3.46. The first-order valence-electron chi connectivity index (χ1n) is 9.26. The number of piperazine rings is 1. The second-order valence-electron chi connectivity index (χ2n) is 7.04. The molecular weight excluding hydrogens is 300 g/mol. The van der Waals surface area contributed by atoms with Crippen LogP contribution in [0.1, 0.15) is 25.7 Å². The Morgan fingerprint density at radius 1 is 0.958 bits per heavy atom. The highest BCUT2D eigenvalue weighted by molar-refractivity contribution is 5.91. The topological polar surface area (TPSA) is 38.8 Å². The summed E-state index contributed by atoms with van der Waals surface area (Å²) >= 11 is 0. The van der Waals surface area contributed by atoms with Crippen molar-refractivity contribution in [3.63, 3.8) is 0 Å². The number of nitrogens with one attached hydrogen (secondary N) is 1. The molecular formula is C19H30N4O. The number of carbonyl (C=O) groups excluding carboxylic acids is 1. The van der Waals surface area contributed by atoms with Crippen LogP contribution in [0.5, 0.6) is 0 Å². The molecule has 1 aromatic carbocycles. The molecule has 2 heterocycles. The Balaban J connectivity index is 1.42. The molecule has 5 heteroatoms. The number of nitrogens with zero attached hydrogens (tertiary/aromatic N) is 3. The maximum Gasteiger partial charge on any atom is 0.225 e. The third-order valence-corrected chi connectivity index (χ3v) is 5.12. The van der Waals surface area contributed by atoms with Crippen LogP contribution in [0.2, 0.25) is 0 Å². The monoisotopic (exact) mass is 330 g/mol. The number of likely N-dealkylation sites (N-methyl/N-ethyl adjacent to an activating group) is 1. The number of piperidine rings is 1. The van der Waals surface area contributed by atoms with Crippen molar-refractivity contribution in [3.8, 4) is 0 Å². The molecule has 0 spiro atoms. The van der Waals surface area contributed by atoms with Crippen molar-refractivity contribution in [2.24, 2.45) is 0 Å². The lowest BCUT2D eigenvalue weighted by atomic mass is 10.1. The third-order valence-electron chi connectivity index (χ3n) is 5.12. The molecule has 132 valence electrons. The molecule has 0 atom stereocenters. The van der Waals surface area contributed by atoms with E-state index in [4.69, 9.17) is 0 Å². The van der Waals surface area contributed by atoms with Gasteiger partial charge >= 0.3 is 0 Å². The minimum absolute atomic E-state index is 0.111. The van der Waals surface area contributed by atoms with Gasteiger partial charge in [0.05, 0.1) is 0 Å². The summed E-state index contributed by atoms with van der Waals surface area (Å²) in [6.45, 7) is 7.47. The average Bonchev–Trinajstić information content (AvgIpc) is 2.63. The molecule has 2 fully saturated rings. The molecule has 3 rings (SSSR count). The first-order chi connectivity index (χ1) is 11.7. The Bertz CT molecular complexity index is 517. The van der Waals surface area contributed by atoms with Crippen LogP contribution in [0.25, 0.3) is 0 Å². The SMILES string of the molecule is CN1CCN(CCC(=O)Nc2ccc(N3CCCCC3)cc2)CC1. The number of hydrogen-bond donors (Lipinski definition) is 1. The van der Waals surface area contributed by atoms with Crippen molar-refractivity contribution in [2.75, 3.05) is 63.1 Å². The first kappa shape index (κ1) is 17.2. The molecule has 0 aliphatic carbocycles. The second kappa shape index (κ2) is 8.49. The van der Waals surface area contributed by atoms with Gasteiger partial charge in [0.25, 0.3) is 0 Å². The summed E-state index contributed by atoms with van der Waals surface area (Å²) in [7, 11) is 2.15. The van der Waals surface area contributed by atoms with Crippen LogP contribution in [0.3, 0.4) is 0 Å². The van der Waals surface area contributed by atoms with Gasteiger partial charge in [-0.15, -0.1) is 0 Å². The highest BCUT2D eigenvalue weighted by Crippen LogP contribution is 2.21. The van der Waals surface area contributed by atoms with E-state index < -0.39 is 0 Å². The molecule has 0 bridgehead atoms. The van der Waals surface area contributed by atoms with E-state index in [1.54, 1.807) is 0 Å². The summed E-state index contributed by atoms with van der Waals surface area (Å²) in [6.07, 6.45) is 4.48. The maximum absolute atomic E-state index is 12.1. The second-order valence-corrected chi connectivity index (χ2v) is 7.04. The van der Waals surface area contributed by atoms with Gasteiger partial charge in [0.2, 0.25) is 5.91 Å². The zero-order chi connectivity index (χ0) is 16.8. The van der Waals surface area contributed by atoms with Gasteiger partial charge in [0, 0.05) is 63.6 Å². The fraction of sp³-hybridized carbons (Fsp3) is 0.632. The van der Waals surface area contributed by atoms with E-state index in [0.29, 0.717) is 6.42 Å².